The zero-order valence-corrected chi connectivity index (χ0v) is 27.9. The number of carbonyl (C=O) groups excluding carboxylic acids is 2. The molecule has 10 atom stereocenters. The molecule has 9 heteroatoms. The molecule has 1 heterocycles. The maximum atomic E-state index is 13.1. The third kappa shape index (κ3) is 6.34. The number of ether oxygens (including phenoxy) is 2. The highest BCUT2D eigenvalue weighted by atomic mass is 16.5. The number of aryl methyl sites for hydroxylation is 1. The van der Waals surface area contributed by atoms with Crippen LogP contribution in [-0.4, -0.2) is 62.7 Å². The van der Waals surface area contributed by atoms with Gasteiger partial charge in [-0.25, -0.2) is 4.79 Å². The first-order valence-electron chi connectivity index (χ1n) is 17.8. The maximum Gasteiger partial charge on any atom is 0.331 e. The van der Waals surface area contributed by atoms with E-state index in [2.05, 4.69) is 6.92 Å². The van der Waals surface area contributed by atoms with E-state index < -0.39 is 23.1 Å². The van der Waals surface area contributed by atoms with Gasteiger partial charge < -0.3 is 29.9 Å². The van der Waals surface area contributed by atoms with Gasteiger partial charge >= 0.3 is 17.9 Å². The Bertz CT molecular complexity index is 1370. The number of phenols is 1. The third-order valence-electron chi connectivity index (χ3n) is 13.5. The Balaban J connectivity index is 1.04. The number of hydrogen-bond acceptors (Lipinski definition) is 8. The van der Waals surface area contributed by atoms with Crippen molar-refractivity contribution in [1.82, 2.24) is 0 Å². The number of phenolic OH excluding ortho intramolecular Hbond substituents is 1. The first kappa shape index (κ1) is 34.0. The van der Waals surface area contributed by atoms with Crippen molar-refractivity contribution in [3.05, 3.63) is 41.5 Å². The number of hydrogen-bond donors (Lipinski definition) is 4. The van der Waals surface area contributed by atoms with Gasteiger partial charge in [0, 0.05) is 24.3 Å². The molecule has 9 nitrogen and oxygen atoms in total. The molecule has 1 aliphatic heterocycles. The molecule has 4 N–H and O–H groups in total. The summed E-state index contributed by atoms with van der Waals surface area (Å²) in [6, 6.07) is 7.10. The van der Waals surface area contributed by atoms with E-state index in [0.717, 1.165) is 68.9 Å². The minimum atomic E-state index is -1.02. The summed E-state index contributed by atoms with van der Waals surface area (Å²) < 4.78 is 11.2. The predicted molar refractivity (Wildman–Crippen MR) is 173 cm³/mol. The van der Waals surface area contributed by atoms with Gasteiger partial charge in [0.25, 0.3) is 0 Å². The second kappa shape index (κ2) is 13.2. The van der Waals surface area contributed by atoms with Gasteiger partial charge in [-0.1, -0.05) is 32.4 Å². The van der Waals surface area contributed by atoms with Crippen molar-refractivity contribution < 1.29 is 44.3 Å². The molecule has 4 saturated carbocycles. The molecule has 4 aliphatic carbocycles. The third-order valence-corrected chi connectivity index (χ3v) is 13.5. The standard InChI is InChI=1S/C38H52O9/c1-36-15-13-28(47-35(44)18-24(17-33(41)42)6-4-3-5-23-7-10-27(39)11-8-23)20-26(36)9-12-30-31(36)21-32(40)37(2)29(14-16-38(30,37)45)25-19-34(43)46-22-25/h7-8,10-11,19,24,26,28-32,39-40,45H,3-6,9,12-18,20-22H2,1-2H3,(H,41,42)/t24?,26-,28+,29-,30-,31+,32-,36+,37+,38+/m1/s1. The van der Waals surface area contributed by atoms with Gasteiger partial charge in [-0.2, -0.15) is 0 Å². The van der Waals surface area contributed by atoms with Crippen LogP contribution in [0.2, 0.25) is 0 Å². The summed E-state index contributed by atoms with van der Waals surface area (Å²) in [4.78, 5) is 36.6. The molecule has 258 valence electrons. The zero-order chi connectivity index (χ0) is 33.6. The van der Waals surface area contributed by atoms with Gasteiger partial charge in [0.15, 0.2) is 0 Å². The lowest BCUT2D eigenvalue weighted by Crippen LogP contribution is -2.67. The minimum absolute atomic E-state index is 0.0608. The highest BCUT2D eigenvalue weighted by Crippen LogP contribution is 2.70. The molecule has 1 aromatic carbocycles. The molecule has 1 unspecified atom stereocenters. The molecule has 0 spiro atoms. The average Bonchev–Trinajstić information content (AvgIpc) is 3.57. The largest absolute Gasteiger partial charge is 0.508 e. The van der Waals surface area contributed by atoms with Gasteiger partial charge in [0.05, 0.1) is 11.7 Å². The number of carboxylic acids is 1. The fraction of sp³-hybridized carbons (Fsp3) is 0.711. The highest BCUT2D eigenvalue weighted by Gasteiger charge is 2.70. The number of aliphatic carboxylic acids is 1. The van der Waals surface area contributed by atoms with Gasteiger partial charge in [-0.15, -0.1) is 0 Å². The number of aliphatic hydroxyl groups is 2. The normalized spacial score (nSPS) is 38.4. The Hall–Kier alpha value is -2.91. The summed E-state index contributed by atoms with van der Waals surface area (Å²) >= 11 is 0. The first-order valence-corrected chi connectivity index (χ1v) is 17.8. The van der Waals surface area contributed by atoms with E-state index in [9.17, 15) is 34.8 Å². The summed E-state index contributed by atoms with van der Waals surface area (Å²) in [5.74, 6) is -1.17. The van der Waals surface area contributed by atoms with Crippen LogP contribution in [0.4, 0.5) is 0 Å². The molecular weight excluding hydrogens is 600 g/mol. The van der Waals surface area contributed by atoms with Crippen molar-refractivity contribution in [2.24, 2.45) is 40.4 Å². The number of carboxylic acid groups (broad SMARTS) is 1. The van der Waals surface area contributed by atoms with E-state index in [4.69, 9.17) is 9.47 Å². The van der Waals surface area contributed by atoms with Crippen LogP contribution in [0.25, 0.3) is 0 Å². The first-order chi connectivity index (χ1) is 22.3. The molecule has 1 aromatic rings. The number of cyclic esters (lactones) is 1. The Labute approximate surface area is 277 Å². The van der Waals surface area contributed by atoms with Crippen molar-refractivity contribution in [3.63, 3.8) is 0 Å². The average molecular weight is 653 g/mol. The van der Waals surface area contributed by atoms with Crippen LogP contribution in [0.15, 0.2) is 35.9 Å². The van der Waals surface area contributed by atoms with Crippen LogP contribution in [0, 0.1) is 40.4 Å². The van der Waals surface area contributed by atoms with Gasteiger partial charge in [0.2, 0.25) is 0 Å². The van der Waals surface area contributed by atoms with Crippen LogP contribution in [0.1, 0.15) is 103 Å². The SMILES string of the molecule is C[C@]12CC[C@H](OC(=O)CC(CCCCc3ccc(O)cc3)CC(=O)O)C[C@H]1CC[C@@H]1[C@@H]2C[C@@H](O)[C@]2(C)[C@@H](C3=CC(=O)OC3)CC[C@]12O. The van der Waals surface area contributed by atoms with Crippen molar-refractivity contribution in [3.8, 4) is 5.75 Å². The topological polar surface area (TPSA) is 151 Å². The summed E-state index contributed by atoms with van der Waals surface area (Å²) in [6.45, 7) is 4.58. The minimum Gasteiger partial charge on any atom is -0.508 e. The molecule has 0 aromatic heterocycles. The lowest BCUT2D eigenvalue weighted by Gasteiger charge is -2.65. The van der Waals surface area contributed by atoms with Crippen molar-refractivity contribution in [2.45, 2.75) is 122 Å². The molecule has 0 amide bonds. The second-order valence-corrected chi connectivity index (χ2v) is 15.8. The number of rotatable bonds is 11. The van der Waals surface area contributed by atoms with E-state index in [1.165, 1.54) is 0 Å². The van der Waals surface area contributed by atoms with E-state index >= 15 is 0 Å². The van der Waals surface area contributed by atoms with Crippen LogP contribution in [-0.2, 0) is 30.3 Å². The molecule has 4 fully saturated rings. The molecule has 6 rings (SSSR count). The summed E-state index contributed by atoms with van der Waals surface area (Å²) in [5.41, 5.74) is 0.169. The second-order valence-electron chi connectivity index (χ2n) is 15.8. The van der Waals surface area contributed by atoms with Crippen LogP contribution < -0.4 is 0 Å². The lowest BCUT2D eigenvalue weighted by molar-refractivity contribution is -0.245. The van der Waals surface area contributed by atoms with Gasteiger partial charge in [-0.05, 0) is 129 Å². The Morgan fingerprint density at radius 2 is 1.77 bits per heavy atom. The number of benzene rings is 1. The maximum absolute atomic E-state index is 13.1. The fourth-order valence-electron chi connectivity index (χ4n) is 10.9. The van der Waals surface area contributed by atoms with E-state index in [0.29, 0.717) is 25.2 Å². The molecule has 0 bridgehead atoms. The van der Waals surface area contributed by atoms with E-state index in [1.54, 1.807) is 18.2 Å². The number of unbranched alkanes of at least 4 members (excludes halogenated alkanes) is 1. The smallest absolute Gasteiger partial charge is 0.331 e. The van der Waals surface area contributed by atoms with Gasteiger partial charge in [0.1, 0.15) is 18.5 Å². The Kier molecular flexibility index (Phi) is 9.53. The molecule has 5 aliphatic rings. The zero-order valence-electron chi connectivity index (χ0n) is 27.9. The van der Waals surface area contributed by atoms with Gasteiger partial charge in [-0.3, -0.25) is 9.59 Å². The molecular formula is C38H52O9. The van der Waals surface area contributed by atoms with Crippen molar-refractivity contribution in [2.75, 3.05) is 6.61 Å². The number of aliphatic hydroxyl groups excluding tert-OH is 1. The van der Waals surface area contributed by atoms with Crippen LogP contribution in [0.3, 0.4) is 0 Å². The molecule has 0 radical (unpaired) electrons. The molecule has 0 saturated heterocycles. The number of esters is 2. The summed E-state index contributed by atoms with van der Waals surface area (Å²) in [7, 11) is 0. The van der Waals surface area contributed by atoms with E-state index in [-0.39, 0.29) is 72.3 Å². The number of fused-ring (bicyclic) bond motifs is 5. The van der Waals surface area contributed by atoms with Crippen LogP contribution in [0.5, 0.6) is 5.75 Å². The lowest BCUT2D eigenvalue weighted by atomic mass is 9.42. The quantitative estimate of drug-likeness (QED) is 0.174. The number of carbonyl (C=O) groups is 3. The Morgan fingerprint density at radius 1 is 1.00 bits per heavy atom. The van der Waals surface area contributed by atoms with Crippen molar-refractivity contribution in [1.29, 1.82) is 0 Å². The monoisotopic (exact) mass is 652 g/mol. The van der Waals surface area contributed by atoms with Crippen LogP contribution >= 0.6 is 0 Å². The Morgan fingerprint density at radius 3 is 2.47 bits per heavy atom. The number of aromatic hydroxyl groups is 1. The predicted octanol–water partition coefficient (Wildman–Crippen LogP) is 5.73. The van der Waals surface area contributed by atoms with Crippen molar-refractivity contribution >= 4 is 17.9 Å². The fourth-order valence-corrected chi connectivity index (χ4v) is 10.9. The molecule has 47 heavy (non-hydrogen) atoms. The highest BCUT2D eigenvalue weighted by molar-refractivity contribution is 5.85. The van der Waals surface area contributed by atoms with E-state index in [1.807, 2.05) is 19.1 Å². The summed E-state index contributed by atoms with van der Waals surface area (Å²) in [6.07, 6.45) is 9.90. The summed E-state index contributed by atoms with van der Waals surface area (Å²) in [5, 5.41) is 43.2.